The van der Waals surface area contributed by atoms with Crippen LogP contribution in [0.3, 0.4) is 0 Å². The number of thioether (sulfide) groups is 1. The number of nitrogens with two attached hydrogens (primary N) is 1. The number of anilines is 1. The molecule has 0 atom stereocenters. The Morgan fingerprint density at radius 2 is 2.00 bits per heavy atom. The summed E-state index contributed by atoms with van der Waals surface area (Å²) in [7, 11) is 0. The zero-order valence-electron chi connectivity index (χ0n) is 11.7. The maximum atomic E-state index is 13.6. The second-order valence-corrected chi connectivity index (χ2v) is 5.80. The summed E-state index contributed by atoms with van der Waals surface area (Å²) in [5, 5.41) is 3.30. The highest BCUT2D eigenvalue weighted by Gasteiger charge is 2.10. The first-order valence-corrected chi connectivity index (χ1v) is 8.21. The van der Waals surface area contributed by atoms with Crippen molar-refractivity contribution in [3.63, 3.8) is 0 Å². The fourth-order valence-corrected chi connectivity index (χ4v) is 3.06. The van der Waals surface area contributed by atoms with Crippen molar-refractivity contribution in [3.05, 3.63) is 59.4 Å². The fourth-order valence-electron chi connectivity index (χ4n) is 2.14. The largest absolute Gasteiger partial charge is 0.389 e. The second-order valence-electron chi connectivity index (χ2n) is 4.52. The molecule has 0 aliphatic carbocycles. The third-order valence-corrected chi connectivity index (χ3v) is 4.14. The molecule has 0 radical (unpaired) electrons. The number of benzene rings is 2. The molecule has 0 amide bonds. The molecule has 2 aromatic rings. The predicted molar refractivity (Wildman–Crippen MR) is 92.7 cm³/mol. The summed E-state index contributed by atoms with van der Waals surface area (Å²) in [5.74, 6) is -0.174. The molecule has 0 spiro atoms. The lowest BCUT2D eigenvalue weighted by Gasteiger charge is -2.14. The highest BCUT2D eigenvalue weighted by molar-refractivity contribution is 7.98. The van der Waals surface area contributed by atoms with Crippen molar-refractivity contribution >= 4 is 34.7 Å². The average molecular weight is 320 g/mol. The smallest absolute Gasteiger partial charge is 0.126 e. The summed E-state index contributed by atoms with van der Waals surface area (Å²) in [6, 6.07) is 12.7. The molecule has 0 fully saturated rings. The number of hydrogen-bond donors (Lipinski definition) is 2. The monoisotopic (exact) mass is 320 g/mol. The second kappa shape index (κ2) is 7.43. The van der Waals surface area contributed by atoms with Crippen molar-refractivity contribution in [2.75, 3.05) is 18.1 Å². The number of nitrogens with one attached hydrogen (secondary N) is 1. The van der Waals surface area contributed by atoms with Crippen LogP contribution in [0.25, 0.3) is 0 Å². The molecule has 2 nitrogen and oxygen atoms in total. The van der Waals surface area contributed by atoms with Crippen LogP contribution in [-0.4, -0.2) is 17.8 Å². The van der Waals surface area contributed by atoms with E-state index in [0.29, 0.717) is 23.5 Å². The van der Waals surface area contributed by atoms with E-state index in [1.54, 1.807) is 23.9 Å². The van der Waals surface area contributed by atoms with Crippen molar-refractivity contribution in [1.82, 2.24) is 0 Å². The number of hydrogen-bond acceptors (Lipinski definition) is 3. The van der Waals surface area contributed by atoms with E-state index in [1.165, 1.54) is 6.07 Å². The maximum Gasteiger partial charge on any atom is 0.126 e. The molecular weight excluding hydrogens is 303 g/mol. The van der Waals surface area contributed by atoms with Gasteiger partial charge in [0.15, 0.2) is 0 Å². The molecule has 3 N–H and O–H groups in total. The van der Waals surface area contributed by atoms with Crippen molar-refractivity contribution in [1.29, 1.82) is 0 Å². The first kappa shape index (κ1) is 15.8. The molecule has 0 heterocycles. The van der Waals surface area contributed by atoms with Crippen molar-refractivity contribution < 1.29 is 4.39 Å². The van der Waals surface area contributed by atoms with Crippen molar-refractivity contribution in [2.24, 2.45) is 5.73 Å². The minimum absolute atomic E-state index is 0.174. The standard InChI is InChI=1S/C16H17FN2S2/c1-21-14-8-4-7-13(15(14)16(18)20)19-10-9-11-5-2-3-6-12(11)17/h2-8,19H,9-10H2,1H3,(H2,18,20). The number of rotatable bonds is 6. The quantitative estimate of drug-likeness (QED) is 0.626. The molecule has 0 aliphatic heterocycles. The molecular formula is C16H17FN2S2. The van der Waals surface area contributed by atoms with E-state index >= 15 is 0 Å². The molecule has 21 heavy (non-hydrogen) atoms. The first-order valence-electron chi connectivity index (χ1n) is 6.57. The van der Waals surface area contributed by atoms with E-state index in [9.17, 15) is 4.39 Å². The van der Waals surface area contributed by atoms with Crippen LogP contribution >= 0.6 is 24.0 Å². The van der Waals surface area contributed by atoms with Gasteiger partial charge in [0.1, 0.15) is 10.8 Å². The summed E-state index contributed by atoms with van der Waals surface area (Å²) in [6.07, 6.45) is 2.59. The van der Waals surface area contributed by atoms with Gasteiger partial charge in [-0.3, -0.25) is 0 Å². The SMILES string of the molecule is CSc1cccc(NCCc2ccccc2F)c1C(N)=S. The molecule has 5 heteroatoms. The van der Waals surface area contributed by atoms with Gasteiger partial charge in [-0.25, -0.2) is 4.39 Å². The average Bonchev–Trinajstić information content (AvgIpc) is 2.48. The van der Waals surface area contributed by atoms with Gasteiger partial charge in [0.25, 0.3) is 0 Å². The molecule has 0 unspecified atom stereocenters. The Bertz CT molecular complexity index is 644. The van der Waals surface area contributed by atoms with E-state index in [1.807, 2.05) is 30.5 Å². The Morgan fingerprint density at radius 1 is 1.24 bits per heavy atom. The van der Waals surface area contributed by atoms with Gasteiger partial charge < -0.3 is 11.1 Å². The molecule has 0 saturated heterocycles. The normalized spacial score (nSPS) is 10.4. The van der Waals surface area contributed by atoms with Gasteiger partial charge in [-0.05, 0) is 36.4 Å². The zero-order valence-corrected chi connectivity index (χ0v) is 13.4. The van der Waals surface area contributed by atoms with Crippen LogP contribution in [-0.2, 0) is 6.42 Å². The molecule has 2 aromatic carbocycles. The van der Waals surface area contributed by atoms with Crippen molar-refractivity contribution in [2.45, 2.75) is 11.3 Å². The molecule has 0 aromatic heterocycles. The number of halogens is 1. The van der Waals surface area contributed by atoms with Gasteiger partial charge in [-0.15, -0.1) is 11.8 Å². The zero-order chi connectivity index (χ0) is 15.2. The maximum absolute atomic E-state index is 13.6. The summed E-state index contributed by atoms with van der Waals surface area (Å²) >= 11 is 6.74. The Hall–Kier alpha value is -1.59. The molecule has 110 valence electrons. The minimum atomic E-state index is -0.174. The van der Waals surface area contributed by atoms with Crippen LogP contribution in [0.2, 0.25) is 0 Å². The Labute approximate surface area is 133 Å². The minimum Gasteiger partial charge on any atom is -0.389 e. The Kier molecular flexibility index (Phi) is 5.59. The van der Waals surface area contributed by atoms with E-state index in [-0.39, 0.29) is 5.82 Å². The summed E-state index contributed by atoms with van der Waals surface area (Å²) in [4.78, 5) is 1.41. The molecule has 2 rings (SSSR count). The van der Waals surface area contributed by atoms with Gasteiger partial charge in [0.2, 0.25) is 0 Å². The van der Waals surface area contributed by atoms with Gasteiger partial charge in [0.05, 0.1) is 0 Å². The lowest BCUT2D eigenvalue weighted by molar-refractivity contribution is 0.610. The van der Waals surface area contributed by atoms with Crippen LogP contribution in [0, 0.1) is 5.82 Å². The van der Waals surface area contributed by atoms with Crippen LogP contribution in [0.4, 0.5) is 10.1 Å². The highest BCUT2D eigenvalue weighted by Crippen LogP contribution is 2.27. The van der Waals surface area contributed by atoms with Gasteiger partial charge in [0, 0.05) is 22.7 Å². The lowest BCUT2D eigenvalue weighted by Crippen LogP contribution is -2.16. The lowest BCUT2D eigenvalue weighted by atomic mass is 10.1. The third kappa shape index (κ3) is 3.95. The van der Waals surface area contributed by atoms with E-state index in [2.05, 4.69) is 5.32 Å². The fraction of sp³-hybridized carbons (Fsp3) is 0.188. The van der Waals surface area contributed by atoms with Gasteiger partial charge in [-0.2, -0.15) is 0 Å². The van der Waals surface area contributed by atoms with E-state index in [4.69, 9.17) is 18.0 Å². The Morgan fingerprint density at radius 3 is 2.67 bits per heavy atom. The topological polar surface area (TPSA) is 38.0 Å². The molecule has 0 saturated carbocycles. The number of thiocarbonyl (C=S) groups is 1. The molecule has 0 bridgehead atoms. The summed E-state index contributed by atoms with van der Waals surface area (Å²) in [6.45, 7) is 0.619. The van der Waals surface area contributed by atoms with Crippen LogP contribution in [0.5, 0.6) is 0 Å². The van der Waals surface area contributed by atoms with E-state index in [0.717, 1.165) is 16.1 Å². The van der Waals surface area contributed by atoms with E-state index < -0.39 is 0 Å². The van der Waals surface area contributed by atoms with Gasteiger partial charge >= 0.3 is 0 Å². The van der Waals surface area contributed by atoms with Crippen LogP contribution < -0.4 is 11.1 Å². The first-order chi connectivity index (χ1) is 10.1. The molecule has 0 aliphatic rings. The predicted octanol–water partition coefficient (Wildman–Crippen LogP) is 3.84. The third-order valence-electron chi connectivity index (χ3n) is 3.16. The van der Waals surface area contributed by atoms with Crippen LogP contribution in [0.1, 0.15) is 11.1 Å². The summed E-state index contributed by atoms with van der Waals surface area (Å²) < 4.78 is 13.6. The van der Waals surface area contributed by atoms with Gasteiger partial charge in [-0.1, -0.05) is 36.5 Å². The van der Waals surface area contributed by atoms with Crippen LogP contribution in [0.15, 0.2) is 47.4 Å². The Balaban J connectivity index is 2.10. The summed E-state index contributed by atoms with van der Waals surface area (Å²) in [5.41, 5.74) is 8.26. The highest BCUT2D eigenvalue weighted by atomic mass is 32.2. The van der Waals surface area contributed by atoms with Crippen molar-refractivity contribution in [3.8, 4) is 0 Å².